The van der Waals surface area contributed by atoms with Crippen molar-refractivity contribution in [1.82, 2.24) is 15.3 Å². The van der Waals surface area contributed by atoms with Gasteiger partial charge in [-0.1, -0.05) is 6.92 Å². The predicted molar refractivity (Wildman–Crippen MR) is 79.4 cm³/mol. The Morgan fingerprint density at radius 1 is 1.29 bits per heavy atom. The van der Waals surface area contributed by atoms with Crippen molar-refractivity contribution in [2.75, 3.05) is 30.3 Å². The molecule has 116 valence electrons. The van der Waals surface area contributed by atoms with Gasteiger partial charge in [-0.2, -0.15) is 4.98 Å². The van der Waals surface area contributed by atoms with Gasteiger partial charge in [0.05, 0.1) is 11.5 Å². The summed E-state index contributed by atoms with van der Waals surface area (Å²) in [5.74, 6) is 0.0829. The van der Waals surface area contributed by atoms with Crippen LogP contribution in [0, 0.1) is 17.0 Å². The zero-order valence-corrected chi connectivity index (χ0v) is 12.4. The number of nitrogens with one attached hydrogen (secondary N) is 3. The molecule has 9 heteroatoms. The fraction of sp³-hybridized carbons (Fsp3) is 0.583. The van der Waals surface area contributed by atoms with E-state index in [2.05, 4.69) is 25.9 Å². The number of aryl methyl sites for hydroxylation is 1. The summed E-state index contributed by atoms with van der Waals surface area (Å²) in [6.45, 7) is 6.41. The van der Waals surface area contributed by atoms with Crippen molar-refractivity contribution in [1.29, 1.82) is 0 Å². The second-order valence-corrected chi connectivity index (χ2v) is 4.32. The topological polar surface area (TPSA) is 122 Å². The standard InChI is InChI=1S/C12H20N6O3/c1-4-6-14-9(19)7-15-11-10(18(20)21)8(3)16-12(17-11)13-5-2/h4-7H2,1-3H3,(H,14,19)(H2,13,15,16,17). The highest BCUT2D eigenvalue weighted by molar-refractivity contribution is 5.81. The summed E-state index contributed by atoms with van der Waals surface area (Å²) in [7, 11) is 0. The van der Waals surface area contributed by atoms with Crippen LogP contribution in [0.5, 0.6) is 0 Å². The number of amides is 1. The highest BCUT2D eigenvalue weighted by atomic mass is 16.6. The number of carbonyl (C=O) groups excluding carboxylic acids is 1. The van der Waals surface area contributed by atoms with Crippen molar-refractivity contribution in [2.24, 2.45) is 0 Å². The summed E-state index contributed by atoms with van der Waals surface area (Å²) in [6, 6.07) is 0. The average molecular weight is 296 g/mol. The van der Waals surface area contributed by atoms with Crippen LogP contribution >= 0.6 is 0 Å². The maximum atomic E-state index is 11.5. The normalized spacial score (nSPS) is 10.0. The van der Waals surface area contributed by atoms with Crippen molar-refractivity contribution < 1.29 is 9.72 Å². The molecule has 0 aromatic carbocycles. The number of aromatic nitrogens is 2. The Bertz CT molecular complexity index is 520. The molecular formula is C12H20N6O3. The third kappa shape index (κ3) is 4.86. The molecular weight excluding hydrogens is 276 g/mol. The highest BCUT2D eigenvalue weighted by Gasteiger charge is 2.22. The Morgan fingerprint density at radius 2 is 2.00 bits per heavy atom. The summed E-state index contributed by atoms with van der Waals surface area (Å²) in [5.41, 5.74) is 0.0161. The molecule has 0 spiro atoms. The van der Waals surface area contributed by atoms with E-state index >= 15 is 0 Å². The molecule has 0 saturated carbocycles. The predicted octanol–water partition coefficient (Wildman–Crippen LogP) is 1.06. The molecule has 1 aromatic rings. The van der Waals surface area contributed by atoms with Crippen LogP contribution in [0.1, 0.15) is 26.0 Å². The van der Waals surface area contributed by atoms with Crippen molar-refractivity contribution >= 4 is 23.4 Å². The number of nitrogens with zero attached hydrogens (tertiary/aromatic N) is 3. The van der Waals surface area contributed by atoms with Gasteiger partial charge in [0.15, 0.2) is 0 Å². The molecule has 3 N–H and O–H groups in total. The lowest BCUT2D eigenvalue weighted by atomic mass is 10.3. The van der Waals surface area contributed by atoms with Crippen LogP contribution in [0.2, 0.25) is 0 Å². The molecule has 1 rings (SSSR count). The Kier molecular flexibility index (Phi) is 6.31. The van der Waals surface area contributed by atoms with Gasteiger partial charge in [0.1, 0.15) is 5.69 Å². The summed E-state index contributed by atoms with van der Waals surface area (Å²) in [5, 5.41) is 19.4. The van der Waals surface area contributed by atoms with Crippen LogP contribution in [0.3, 0.4) is 0 Å². The largest absolute Gasteiger partial charge is 0.355 e. The van der Waals surface area contributed by atoms with Crippen LogP contribution in [-0.2, 0) is 4.79 Å². The van der Waals surface area contributed by atoms with E-state index in [0.29, 0.717) is 13.1 Å². The lowest BCUT2D eigenvalue weighted by Gasteiger charge is -2.10. The summed E-state index contributed by atoms with van der Waals surface area (Å²) < 4.78 is 0. The Morgan fingerprint density at radius 3 is 2.57 bits per heavy atom. The van der Waals surface area contributed by atoms with E-state index in [1.54, 1.807) is 0 Å². The van der Waals surface area contributed by atoms with Crippen LogP contribution in [-0.4, -0.2) is 40.4 Å². The quantitative estimate of drug-likeness (QED) is 0.484. The van der Waals surface area contributed by atoms with Crippen molar-refractivity contribution in [3.63, 3.8) is 0 Å². The molecule has 0 aliphatic rings. The molecule has 1 heterocycles. The van der Waals surface area contributed by atoms with Gasteiger partial charge in [0, 0.05) is 13.1 Å². The number of nitro groups is 1. The number of rotatable bonds is 8. The fourth-order valence-electron chi connectivity index (χ4n) is 1.64. The maximum absolute atomic E-state index is 11.5. The molecule has 0 radical (unpaired) electrons. The smallest absolute Gasteiger partial charge is 0.332 e. The van der Waals surface area contributed by atoms with Crippen LogP contribution in [0.4, 0.5) is 17.5 Å². The van der Waals surface area contributed by atoms with E-state index in [-0.39, 0.29) is 35.6 Å². The van der Waals surface area contributed by atoms with Gasteiger partial charge in [0.25, 0.3) is 0 Å². The minimum atomic E-state index is -0.558. The lowest BCUT2D eigenvalue weighted by Crippen LogP contribution is -2.30. The number of hydrogen-bond acceptors (Lipinski definition) is 7. The first kappa shape index (κ1) is 16.6. The van der Waals surface area contributed by atoms with Crippen molar-refractivity contribution in [2.45, 2.75) is 27.2 Å². The zero-order chi connectivity index (χ0) is 15.8. The number of carbonyl (C=O) groups is 1. The molecule has 1 amide bonds. The first-order valence-corrected chi connectivity index (χ1v) is 6.77. The van der Waals surface area contributed by atoms with Gasteiger partial charge >= 0.3 is 5.69 Å². The van der Waals surface area contributed by atoms with Gasteiger partial charge in [0.2, 0.25) is 17.7 Å². The van der Waals surface area contributed by atoms with E-state index < -0.39 is 4.92 Å². The molecule has 0 aliphatic carbocycles. The van der Waals surface area contributed by atoms with E-state index in [0.717, 1.165) is 6.42 Å². The number of hydrogen-bond donors (Lipinski definition) is 3. The third-order valence-corrected chi connectivity index (χ3v) is 2.56. The van der Waals surface area contributed by atoms with Crippen LogP contribution in [0.15, 0.2) is 0 Å². The lowest BCUT2D eigenvalue weighted by molar-refractivity contribution is -0.385. The Labute approximate surface area is 122 Å². The monoisotopic (exact) mass is 296 g/mol. The molecule has 0 saturated heterocycles. The first-order chi connectivity index (χ1) is 9.99. The molecule has 0 atom stereocenters. The molecule has 0 bridgehead atoms. The summed E-state index contributed by atoms with van der Waals surface area (Å²) >= 11 is 0. The second kappa shape index (κ2) is 7.98. The first-order valence-electron chi connectivity index (χ1n) is 6.77. The molecule has 1 aromatic heterocycles. The van der Waals surface area contributed by atoms with E-state index in [9.17, 15) is 14.9 Å². The molecule has 0 aliphatic heterocycles. The van der Waals surface area contributed by atoms with E-state index in [1.807, 2.05) is 13.8 Å². The van der Waals surface area contributed by atoms with E-state index in [1.165, 1.54) is 6.92 Å². The average Bonchev–Trinajstić information content (AvgIpc) is 2.42. The Balaban J connectivity index is 2.91. The Hall–Kier alpha value is -2.45. The van der Waals surface area contributed by atoms with Gasteiger partial charge in [-0.05, 0) is 20.3 Å². The SMILES string of the molecule is CCCNC(=O)CNc1nc(NCC)nc(C)c1[N+](=O)[O-]. The van der Waals surface area contributed by atoms with Gasteiger partial charge < -0.3 is 16.0 Å². The number of anilines is 2. The van der Waals surface area contributed by atoms with Gasteiger partial charge in [-0.25, -0.2) is 4.98 Å². The maximum Gasteiger partial charge on any atom is 0.332 e. The molecule has 0 fully saturated rings. The summed E-state index contributed by atoms with van der Waals surface area (Å²) in [6.07, 6.45) is 0.822. The van der Waals surface area contributed by atoms with Crippen molar-refractivity contribution in [3.8, 4) is 0 Å². The second-order valence-electron chi connectivity index (χ2n) is 4.32. The van der Waals surface area contributed by atoms with Crippen LogP contribution < -0.4 is 16.0 Å². The van der Waals surface area contributed by atoms with Crippen molar-refractivity contribution in [3.05, 3.63) is 15.8 Å². The van der Waals surface area contributed by atoms with Crippen LogP contribution in [0.25, 0.3) is 0 Å². The minimum Gasteiger partial charge on any atom is -0.355 e. The molecule has 21 heavy (non-hydrogen) atoms. The van der Waals surface area contributed by atoms with E-state index in [4.69, 9.17) is 0 Å². The van der Waals surface area contributed by atoms with Gasteiger partial charge in [-0.15, -0.1) is 0 Å². The summed E-state index contributed by atoms with van der Waals surface area (Å²) in [4.78, 5) is 30.1. The minimum absolute atomic E-state index is 0.0371. The molecule has 9 nitrogen and oxygen atoms in total. The zero-order valence-electron chi connectivity index (χ0n) is 12.4. The highest BCUT2D eigenvalue weighted by Crippen LogP contribution is 2.26. The van der Waals surface area contributed by atoms with Gasteiger partial charge in [-0.3, -0.25) is 14.9 Å². The molecule has 0 unspecified atom stereocenters. The third-order valence-electron chi connectivity index (χ3n) is 2.56. The fourth-order valence-corrected chi connectivity index (χ4v) is 1.64.